The number of carbonyl (C=O) groups excluding carboxylic acids is 1. The van der Waals surface area contributed by atoms with E-state index in [9.17, 15) is 9.90 Å². The van der Waals surface area contributed by atoms with Crippen molar-refractivity contribution in [1.82, 2.24) is 5.32 Å². The SMILES string of the molecule is COCCC(C)(O)CNC(=O)C1CCCC1CN. The Labute approximate surface area is 109 Å². The maximum atomic E-state index is 12.0. The first-order chi connectivity index (χ1) is 8.50. The van der Waals surface area contributed by atoms with Crippen LogP contribution in [0.4, 0.5) is 0 Å². The van der Waals surface area contributed by atoms with Gasteiger partial charge in [0.05, 0.1) is 5.60 Å². The first-order valence-electron chi connectivity index (χ1n) is 6.69. The van der Waals surface area contributed by atoms with Crippen LogP contribution in [-0.2, 0) is 9.53 Å². The average molecular weight is 258 g/mol. The molecule has 0 aliphatic heterocycles. The number of amides is 1. The summed E-state index contributed by atoms with van der Waals surface area (Å²) in [6, 6.07) is 0. The van der Waals surface area contributed by atoms with E-state index in [1.165, 1.54) is 0 Å². The molecule has 3 unspecified atom stereocenters. The summed E-state index contributed by atoms with van der Waals surface area (Å²) in [5.74, 6) is 0.350. The Morgan fingerprint density at radius 1 is 1.56 bits per heavy atom. The number of aliphatic hydroxyl groups is 1. The molecule has 0 aromatic rings. The molecule has 3 atom stereocenters. The highest BCUT2D eigenvalue weighted by molar-refractivity contribution is 5.79. The lowest BCUT2D eigenvalue weighted by molar-refractivity contribution is -0.127. The van der Waals surface area contributed by atoms with Crippen LogP contribution in [0.25, 0.3) is 0 Å². The number of carbonyl (C=O) groups is 1. The van der Waals surface area contributed by atoms with E-state index in [4.69, 9.17) is 10.5 Å². The molecule has 106 valence electrons. The number of ether oxygens (including phenoxy) is 1. The summed E-state index contributed by atoms with van der Waals surface area (Å²) < 4.78 is 4.93. The van der Waals surface area contributed by atoms with Crippen LogP contribution in [0.5, 0.6) is 0 Å². The molecule has 1 amide bonds. The first-order valence-corrected chi connectivity index (χ1v) is 6.69. The predicted molar refractivity (Wildman–Crippen MR) is 70.0 cm³/mol. The van der Waals surface area contributed by atoms with E-state index in [1.807, 2.05) is 0 Å². The van der Waals surface area contributed by atoms with Crippen LogP contribution >= 0.6 is 0 Å². The highest BCUT2D eigenvalue weighted by atomic mass is 16.5. The van der Waals surface area contributed by atoms with Crippen LogP contribution in [0.1, 0.15) is 32.6 Å². The molecule has 0 heterocycles. The standard InChI is InChI=1S/C13H26N2O3/c1-13(17,6-7-18-2)9-15-12(16)11-5-3-4-10(11)8-14/h10-11,17H,3-9,14H2,1-2H3,(H,15,16). The van der Waals surface area contributed by atoms with Crippen molar-refractivity contribution < 1.29 is 14.6 Å². The number of rotatable bonds is 7. The van der Waals surface area contributed by atoms with Gasteiger partial charge in [0.2, 0.25) is 5.91 Å². The molecule has 1 aliphatic carbocycles. The minimum absolute atomic E-state index is 0.0215. The summed E-state index contributed by atoms with van der Waals surface area (Å²) in [5, 5.41) is 12.9. The van der Waals surface area contributed by atoms with Gasteiger partial charge in [0.1, 0.15) is 0 Å². The zero-order valence-electron chi connectivity index (χ0n) is 11.4. The van der Waals surface area contributed by atoms with Gasteiger partial charge in [-0.05, 0) is 32.2 Å². The smallest absolute Gasteiger partial charge is 0.223 e. The van der Waals surface area contributed by atoms with Crippen LogP contribution in [0.2, 0.25) is 0 Å². The average Bonchev–Trinajstić information content (AvgIpc) is 2.82. The fourth-order valence-electron chi connectivity index (χ4n) is 2.48. The van der Waals surface area contributed by atoms with Crippen molar-refractivity contribution in [2.45, 2.75) is 38.2 Å². The van der Waals surface area contributed by atoms with Crippen LogP contribution in [0.15, 0.2) is 0 Å². The molecule has 1 rings (SSSR count). The van der Waals surface area contributed by atoms with Crippen LogP contribution in [-0.4, -0.2) is 43.4 Å². The van der Waals surface area contributed by atoms with Gasteiger partial charge in [-0.3, -0.25) is 4.79 Å². The summed E-state index contributed by atoms with van der Waals surface area (Å²) in [6.45, 7) is 3.03. The zero-order valence-corrected chi connectivity index (χ0v) is 11.4. The molecule has 5 nitrogen and oxygen atoms in total. The van der Waals surface area contributed by atoms with Gasteiger partial charge in [0, 0.05) is 32.6 Å². The van der Waals surface area contributed by atoms with E-state index >= 15 is 0 Å². The van der Waals surface area contributed by atoms with Crippen molar-refractivity contribution in [2.24, 2.45) is 17.6 Å². The third kappa shape index (κ3) is 4.55. The second-order valence-corrected chi connectivity index (χ2v) is 5.49. The largest absolute Gasteiger partial charge is 0.388 e. The molecule has 0 bridgehead atoms. The van der Waals surface area contributed by atoms with Crippen molar-refractivity contribution in [3.63, 3.8) is 0 Å². The Kier molecular flexibility index (Phi) is 6.05. The second-order valence-electron chi connectivity index (χ2n) is 5.49. The Balaban J connectivity index is 2.36. The summed E-state index contributed by atoms with van der Waals surface area (Å²) in [5.41, 5.74) is 4.75. The Morgan fingerprint density at radius 3 is 2.89 bits per heavy atom. The Bertz CT molecular complexity index is 269. The molecule has 18 heavy (non-hydrogen) atoms. The molecule has 0 radical (unpaired) electrons. The minimum atomic E-state index is -0.914. The van der Waals surface area contributed by atoms with Crippen molar-refractivity contribution in [2.75, 3.05) is 26.8 Å². The normalized spacial score (nSPS) is 26.9. The van der Waals surface area contributed by atoms with Crippen LogP contribution in [0.3, 0.4) is 0 Å². The number of hydrogen-bond acceptors (Lipinski definition) is 4. The Hall–Kier alpha value is -0.650. The third-order valence-corrected chi connectivity index (χ3v) is 3.79. The highest BCUT2D eigenvalue weighted by Gasteiger charge is 2.32. The van der Waals surface area contributed by atoms with Gasteiger partial charge in [0.15, 0.2) is 0 Å². The molecule has 1 saturated carbocycles. The number of methoxy groups -OCH3 is 1. The summed E-state index contributed by atoms with van der Waals surface area (Å²) in [7, 11) is 1.60. The number of nitrogens with two attached hydrogens (primary N) is 1. The molecule has 1 fully saturated rings. The van der Waals surface area contributed by atoms with Crippen molar-refractivity contribution in [3.8, 4) is 0 Å². The summed E-state index contributed by atoms with van der Waals surface area (Å²) >= 11 is 0. The monoisotopic (exact) mass is 258 g/mol. The maximum Gasteiger partial charge on any atom is 0.223 e. The molecule has 4 N–H and O–H groups in total. The van der Waals surface area contributed by atoms with Crippen molar-refractivity contribution >= 4 is 5.91 Å². The maximum absolute atomic E-state index is 12.0. The lowest BCUT2D eigenvalue weighted by atomic mass is 9.94. The molecule has 1 aliphatic rings. The van der Waals surface area contributed by atoms with Gasteiger partial charge in [0.25, 0.3) is 0 Å². The van der Waals surface area contributed by atoms with Crippen LogP contribution in [0, 0.1) is 11.8 Å². The lowest BCUT2D eigenvalue weighted by Gasteiger charge is -2.25. The van der Waals surface area contributed by atoms with E-state index in [1.54, 1.807) is 14.0 Å². The van der Waals surface area contributed by atoms with E-state index in [0.29, 0.717) is 25.5 Å². The van der Waals surface area contributed by atoms with Gasteiger partial charge in [-0.2, -0.15) is 0 Å². The fourth-order valence-corrected chi connectivity index (χ4v) is 2.48. The predicted octanol–water partition coefficient (Wildman–Crippen LogP) is 0.265. The van der Waals surface area contributed by atoms with E-state index < -0.39 is 5.60 Å². The molecule has 5 heteroatoms. The molecule has 0 aromatic carbocycles. The molecular weight excluding hydrogens is 232 g/mol. The van der Waals surface area contributed by atoms with Gasteiger partial charge < -0.3 is 20.9 Å². The van der Waals surface area contributed by atoms with Gasteiger partial charge >= 0.3 is 0 Å². The van der Waals surface area contributed by atoms with Gasteiger partial charge in [-0.1, -0.05) is 6.42 Å². The van der Waals surface area contributed by atoms with Crippen molar-refractivity contribution in [1.29, 1.82) is 0 Å². The molecule has 0 saturated heterocycles. The molecule has 0 spiro atoms. The fraction of sp³-hybridized carbons (Fsp3) is 0.923. The third-order valence-electron chi connectivity index (χ3n) is 3.79. The van der Waals surface area contributed by atoms with Gasteiger partial charge in [-0.25, -0.2) is 0 Å². The van der Waals surface area contributed by atoms with Crippen LogP contribution < -0.4 is 11.1 Å². The quantitative estimate of drug-likeness (QED) is 0.612. The zero-order chi connectivity index (χ0) is 13.6. The second kappa shape index (κ2) is 7.07. The minimum Gasteiger partial charge on any atom is -0.388 e. The topological polar surface area (TPSA) is 84.6 Å². The molecule has 0 aromatic heterocycles. The summed E-state index contributed by atoms with van der Waals surface area (Å²) in [4.78, 5) is 12.0. The van der Waals surface area contributed by atoms with E-state index in [2.05, 4.69) is 5.32 Å². The van der Waals surface area contributed by atoms with Crippen molar-refractivity contribution in [3.05, 3.63) is 0 Å². The highest BCUT2D eigenvalue weighted by Crippen LogP contribution is 2.31. The van der Waals surface area contributed by atoms with Gasteiger partial charge in [-0.15, -0.1) is 0 Å². The number of hydrogen-bond donors (Lipinski definition) is 3. The Morgan fingerprint density at radius 2 is 2.28 bits per heavy atom. The number of nitrogens with one attached hydrogen (secondary N) is 1. The van der Waals surface area contributed by atoms with E-state index in [-0.39, 0.29) is 18.4 Å². The van der Waals surface area contributed by atoms with E-state index in [0.717, 1.165) is 19.3 Å². The lowest BCUT2D eigenvalue weighted by Crippen LogP contribution is -2.44. The summed E-state index contributed by atoms with van der Waals surface area (Å²) in [6.07, 6.45) is 3.53. The first kappa shape index (κ1) is 15.4. The molecular formula is C13H26N2O3.